The standard InChI is InChI=1S/C53H86O13/c1-6-8-10-12-14-16-18-20-22-24-26-31-37-62-46-45(55)51(36-35-40(3)44(64-42(5)54)41(4)39-43-33-29-28-30-34-43)65-47(48(56)57)52(49(58)59,53(46,66-51)50(60)61)63-38-32-27-25-23-21-19-17-15-13-11-9-7-2/h28-30,33-34,41,44-47,55H,3,6-27,31-32,35-39H2,1-2,4-5H3,(H,56,57)(H,58,59)(H,60,61)/t41?,44?,45-,46-,47-,51-,52-,53-/m1/s1. The van der Waals surface area contributed by atoms with Gasteiger partial charge in [0.25, 0.3) is 0 Å². The minimum absolute atomic E-state index is 0.0575. The van der Waals surface area contributed by atoms with Crippen molar-refractivity contribution in [3.63, 3.8) is 0 Å². The molecule has 2 aliphatic rings. The summed E-state index contributed by atoms with van der Waals surface area (Å²) in [5.41, 5.74) is -4.83. The van der Waals surface area contributed by atoms with Gasteiger partial charge in [0.1, 0.15) is 18.3 Å². The highest BCUT2D eigenvalue weighted by Gasteiger charge is 2.86. The molecular formula is C53H86O13. The molecule has 8 atom stereocenters. The molecule has 13 heteroatoms. The van der Waals surface area contributed by atoms with Crippen LogP contribution in [-0.4, -0.2) is 98.9 Å². The summed E-state index contributed by atoms with van der Waals surface area (Å²) in [5, 5.41) is 45.2. The van der Waals surface area contributed by atoms with E-state index in [0.717, 1.165) is 56.9 Å². The van der Waals surface area contributed by atoms with Crippen LogP contribution in [-0.2, 0) is 49.3 Å². The molecule has 1 aromatic rings. The van der Waals surface area contributed by atoms with Crippen LogP contribution < -0.4 is 0 Å². The lowest BCUT2D eigenvalue weighted by atomic mass is 9.74. The Morgan fingerprint density at radius 2 is 1.17 bits per heavy atom. The van der Waals surface area contributed by atoms with E-state index >= 15 is 0 Å². The SMILES string of the molecule is C=C(CC[C@@]12O[C@H](C(=O)O)[C@@](OCCCCCCCCCCCCCC)(C(=O)O)[C@@](C(=O)O)(O1)[C@H](OCCCCCCCCCCCCCC)[C@H]2O)C(OC(C)=O)C(C)Cc1ccccc1. The van der Waals surface area contributed by atoms with Gasteiger partial charge in [-0.3, -0.25) is 4.79 Å². The number of carbonyl (C=O) groups excluding carboxylic acids is 1. The van der Waals surface area contributed by atoms with E-state index in [1.165, 1.54) is 90.4 Å². The first-order chi connectivity index (χ1) is 31.7. The van der Waals surface area contributed by atoms with Crippen LogP contribution in [0.2, 0.25) is 0 Å². The van der Waals surface area contributed by atoms with Crippen molar-refractivity contribution in [1.82, 2.24) is 0 Å². The zero-order valence-corrected chi connectivity index (χ0v) is 40.9. The number of hydrogen-bond donors (Lipinski definition) is 4. The summed E-state index contributed by atoms with van der Waals surface area (Å²) in [6.45, 7) is 11.4. The van der Waals surface area contributed by atoms with E-state index in [9.17, 15) is 39.6 Å². The molecule has 66 heavy (non-hydrogen) atoms. The molecule has 3 rings (SSSR count). The summed E-state index contributed by atoms with van der Waals surface area (Å²) in [5.74, 6) is -8.79. The van der Waals surface area contributed by atoms with Crippen molar-refractivity contribution in [2.45, 2.75) is 242 Å². The largest absolute Gasteiger partial charge is 0.479 e. The number of hydrogen-bond acceptors (Lipinski definition) is 10. The molecule has 2 saturated heterocycles. The number of aliphatic carboxylic acids is 3. The van der Waals surface area contributed by atoms with Crippen LogP contribution >= 0.6 is 0 Å². The zero-order chi connectivity index (χ0) is 48.4. The number of carboxylic acid groups (broad SMARTS) is 3. The van der Waals surface area contributed by atoms with Gasteiger partial charge >= 0.3 is 23.9 Å². The van der Waals surface area contributed by atoms with Gasteiger partial charge in [-0.25, -0.2) is 14.4 Å². The third kappa shape index (κ3) is 16.1. The second kappa shape index (κ2) is 30.2. The Kier molecular flexibility index (Phi) is 26.1. The van der Waals surface area contributed by atoms with E-state index < -0.39 is 65.3 Å². The van der Waals surface area contributed by atoms with Gasteiger partial charge in [0, 0.05) is 32.5 Å². The highest BCUT2D eigenvalue weighted by molar-refractivity contribution is 5.98. The smallest absolute Gasteiger partial charge is 0.343 e. The third-order valence-electron chi connectivity index (χ3n) is 13.6. The average Bonchev–Trinajstić information content (AvgIpc) is 3.49. The first-order valence-electron chi connectivity index (χ1n) is 25.6. The van der Waals surface area contributed by atoms with Gasteiger partial charge < -0.3 is 44.1 Å². The maximum atomic E-state index is 13.8. The summed E-state index contributed by atoms with van der Waals surface area (Å²) in [6.07, 6.45) is 18.3. The lowest BCUT2D eigenvalue weighted by Gasteiger charge is -2.51. The Bertz CT molecular complexity index is 1590. The van der Waals surface area contributed by atoms with Crippen molar-refractivity contribution in [2.75, 3.05) is 13.2 Å². The molecular weight excluding hydrogens is 845 g/mol. The van der Waals surface area contributed by atoms with Crippen LogP contribution in [0, 0.1) is 5.92 Å². The van der Waals surface area contributed by atoms with Crippen LogP contribution in [0.4, 0.5) is 0 Å². The molecule has 2 fully saturated rings. The number of carboxylic acids is 3. The molecule has 0 spiro atoms. The van der Waals surface area contributed by atoms with E-state index in [1.807, 2.05) is 37.3 Å². The molecule has 2 aliphatic heterocycles. The Labute approximate surface area is 395 Å². The van der Waals surface area contributed by atoms with Gasteiger partial charge in [-0.1, -0.05) is 199 Å². The number of fused-ring (bicyclic) bond motifs is 2. The van der Waals surface area contributed by atoms with E-state index in [2.05, 4.69) is 20.4 Å². The quantitative estimate of drug-likeness (QED) is 0.0277. The number of aliphatic hydroxyl groups is 1. The molecule has 2 bridgehead atoms. The fourth-order valence-electron chi connectivity index (χ4n) is 9.91. The monoisotopic (exact) mass is 931 g/mol. The van der Waals surface area contributed by atoms with Crippen LogP contribution in [0.25, 0.3) is 0 Å². The minimum atomic E-state index is -3.16. The molecule has 0 saturated carbocycles. The van der Waals surface area contributed by atoms with Gasteiger partial charge in [0.2, 0.25) is 17.3 Å². The number of unbranched alkanes of at least 4 members (excludes halogenated alkanes) is 22. The zero-order valence-electron chi connectivity index (χ0n) is 40.9. The van der Waals surface area contributed by atoms with Crippen molar-refractivity contribution in [3.05, 3.63) is 48.0 Å². The summed E-state index contributed by atoms with van der Waals surface area (Å²) in [6, 6.07) is 9.60. The first-order valence-corrected chi connectivity index (χ1v) is 25.6. The molecule has 0 aromatic heterocycles. The number of ether oxygens (including phenoxy) is 5. The van der Waals surface area contributed by atoms with E-state index in [0.29, 0.717) is 31.3 Å². The Morgan fingerprint density at radius 1 is 0.697 bits per heavy atom. The Hall–Kier alpha value is -3.36. The van der Waals surface area contributed by atoms with Crippen molar-refractivity contribution >= 4 is 23.9 Å². The highest BCUT2D eigenvalue weighted by Crippen LogP contribution is 2.57. The molecule has 0 radical (unpaired) electrons. The second-order valence-electron chi connectivity index (χ2n) is 19.0. The predicted molar refractivity (Wildman–Crippen MR) is 254 cm³/mol. The van der Waals surface area contributed by atoms with Crippen LogP contribution in [0.15, 0.2) is 42.5 Å². The lowest BCUT2D eigenvalue weighted by Crippen LogP contribution is -2.79. The molecule has 0 amide bonds. The molecule has 4 N–H and O–H groups in total. The van der Waals surface area contributed by atoms with E-state index in [1.54, 1.807) is 0 Å². The van der Waals surface area contributed by atoms with Gasteiger partial charge in [-0.15, -0.1) is 0 Å². The molecule has 2 heterocycles. The molecule has 0 aliphatic carbocycles. The fraction of sp³-hybridized carbons (Fsp3) is 0.774. The molecule has 1 aromatic carbocycles. The number of rotatable bonds is 39. The van der Waals surface area contributed by atoms with Gasteiger partial charge in [-0.2, -0.15) is 0 Å². The normalized spacial score (nSPS) is 24.5. The van der Waals surface area contributed by atoms with Crippen molar-refractivity contribution < 1.29 is 63.3 Å². The summed E-state index contributed by atoms with van der Waals surface area (Å²) < 4.78 is 30.4. The third-order valence-corrected chi connectivity index (χ3v) is 13.6. The molecule has 2 unspecified atom stereocenters. The van der Waals surface area contributed by atoms with Crippen molar-refractivity contribution in [1.29, 1.82) is 0 Å². The number of carbonyl (C=O) groups is 4. The van der Waals surface area contributed by atoms with Crippen molar-refractivity contribution in [2.24, 2.45) is 5.92 Å². The topological polar surface area (TPSA) is 195 Å². The second-order valence-corrected chi connectivity index (χ2v) is 19.0. The van der Waals surface area contributed by atoms with Crippen LogP contribution in [0.5, 0.6) is 0 Å². The lowest BCUT2D eigenvalue weighted by molar-refractivity contribution is -0.380. The van der Waals surface area contributed by atoms with E-state index in [4.69, 9.17) is 23.7 Å². The average molecular weight is 931 g/mol. The van der Waals surface area contributed by atoms with Crippen molar-refractivity contribution in [3.8, 4) is 0 Å². The summed E-state index contributed by atoms with van der Waals surface area (Å²) in [7, 11) is 0. The van der Waals surface area contributed by atoms with Gasteiger partial charge in [0.15, 0.2) is 5.79 Å². The maximum absolute atomic E-state index is 13.8. The highest BCUT2D eigenvalue weighted by atomic mass is 16.8. The van der Waals surface area contributed by atoms with Crippen LogP contribution in [0.1, 0.15) is 200 Å². The maximum Gasteiger partial charge on any atom is 0.343 e. The Morgan fingerprint density at radius 3 is 1.61 bits per heavy atom. The molecule has 13 nitrogen and oxygen atoms in total. The van der Waals surface area contributed by atoms with E-state index in [-0.39, 0.29) is 32.0 Å². The fourth-order valence-corrected chi connectivity index (χ4v) is 9.91. The van der Waals surface area contributed by atoms with Crippen LogP contribution in [0.3, 0.4) is 0 Å². The summed E-state index contributed by atoms with van der Waals surface area (Å²) in [4.78, 5) is 53.1. The molecule has 376 valence electrons. The Balaban J connectivity index is 1.82. The minimum Gasteiger partial charge on any atom is -0.479 e. The first kappa shape index (κ1) is 57.0. The number of aliphatic hydroxyl groups excluding tert-OH is 1. The van der Waals surface area contributed by atoms with Gasteiger partial charge in [0.05, 0.1) is 0 Å². The summed E-state index contributed by atoms with van der Waals surface area (Å²) >= 11 is 0. The number of benzene rings is 1. The predicted octanol–water partition coefficient (Wildman–Crippen LogP) is 11.2. The van der Waals surface area contributed by atoms with Gasteiger partial charge in [-0.05, 0) is 36.8 Å². The number of esters is 1.